The van der Waals surface area contributed by atoms with Crippen LogP contribution in [-0.2, 0) is 9.59 Å². The molecule has 0 radical (unpaired) electrons. The summed E-state index contributed by atoms with van der Waals surface area (Å²) in [6.45, 7) is 1.91. The fourth-order valence-corrected chi connectivity index (χ4v) is 4.17. The minimum absolute atomic E-state index is 0.0706. The molecule has 3 nitrogen and oxygen atoms in total. The van der Waals surface area contributed by atoms with Crippen molar-refractivity contribution >= 4 is 29.0 Å². The van der Waals surface area contributed by atoms with E-state index in [1.807, 2.05) is 19.1 Å². The molecule has 0 bridgehead atoms. The van der Waals surface area contributed by atoms with Crippen molar-refractivity contribution in [3.63, 3.8) is 0 Å². The lowest BCUT2D eigenvalue weighted by Crippen LogP contribution is -2.40. The molecular weight excluding hydrogens is 365 g/mol. The lowest BCUT2D eigenvalue weighted by molar-refractivity contribution is -0.119. The van der Waals surface area contributed by atoms with Crippen LogP contribution < -0.4 is 4.90 Å². The molecule has 2 aliphatic rings. The van der Waals surface area contributed by atoms with Crippen molar-refractivity contribution in [2.75, 3.05) is 4.90 Å². The van der Waals surface area contributed by atoms with Crippen LogP contribution in [0.15, 0.2) is 53.7 Å². The number of benzene rings is 2. The predicted octanol–water partition coefficient (Wildman–Crippen LogP) is 5.32. The highest BCUT2D eigenvalue weighted by Crippen LogP contribution is 2.43. The Labute approximate surface area is 162 Å². The lowest BCUT2D eigenvalue weighted by Gasteiger charge is -2.38. The Morgan fingerprint density at radius 3 is 2.52 bits per heavy atom. The van der Waals surface area contributed by atoms with Crippen molar-refractivity contribution in [2.45, 2.75) is 38.5 Å². The summed E-state index contributed by atoms with van der Waals surface area (Å²) < 4.78 is 13.3. The van der Waals surface area contributed by atoms with Crippen molar-refractivity contribution in [3.05, 3.63) is 75.7 Å². The maximum atomic E-state index is 13.3. The standard InChI is InChI=1S/C22H19ClFNO2/c1-13-5-10-16(11-18(13)23)25-19-3-2-4-20(26)22(19)17(12-21(25)27)14-6-8-15(24)9-7-14/h5-11,17H,2-4,12H2,1H3. The number of halogens is 2. The number of amides is 1. The molecule has 0 saturated heterocycles. The highest BCUT2D eigenvalue weighted by atomic mass is 35.5. The topological polar surface area (TPSA) is 37.4 Å². The van der Waals surface area contributed by atoms with E-state index in [4.69, 9.17) is 11.6 Å². The third-order valence-corrected chi connectivity index (χ3v) is 5.77. The van der Waals surface area contributed by atoms with Crippen LogP contribution in [-0.4, -0.2) is 11.7 Å². The third kappa shape index (κ3) is 3.19. The fraction of sp³-hybridized carbons (Fsp3) is 0.273. The normalized spacial score (nSPS) is 20.1. The molecule has 4 rings (SSSR count). The number of carbonyl (C=O) groups is 2. The Bertz CT molecular complexity index is 965. The first-order chi connectivity index (χ1) is 13.0. The van der Waals surface area contributed by atoms with Gasteiger partial charge in [0.25, 0.3) is 0 Å². The molecule has 1 atom stereocenters. The number of hydrogen-bond donors (Lipinski definition) is 0. The molecule has 138 valence electrons. The molecule has 1 amide bonds. The highest BCUT2D eigenvalue weighted by Gasteiger charge is 2.39. The van der Waals surface area contributed by atoms with Gasteiger partial charge in [-0.1, -0.05) is 29.8 Å². The van der Waals surface area contributed by atoms with Crippen LogP contribution in [0.25, 0.3) is 0 Å². The Hall–Kier alpha value is -2.46. The van der Waals surface area contributed by atoms with Crippen LogP contribution in [0.2, 0.25) is 5.02 Å². The Balaban J connectivity index is 1.85. The van der Waals surface area contributed by atoms with E-state index in [1.165, 1.54) is 12.1 Å². The van der Waals surface area contributed by atoms with Crippen LogP contribution in [0.4, 0.5) is 10.1 Å². The van der Waals surface area contributed by atoms with Gasteiger partial charge in [0, 0.05) is 35.1 Å². The van der Waals surface area contributed by atoms with Crippen molar-refractivity contribution in [1.29, 1.82) is 0 Å². The number of ketones is 1. The second-order valence-electron chi connectivity index (χ2n) is 7.11. The minimum Gasteiger partial charge on any atom is -0.294 e. The van der Waals surface area contributed by atoms with E-state index in [-0.39, 0.29) is 29.8 Å². The van der Waals surface area contributed by atoms with E-state index in [0.717, 1.165) is 23.2 Å². The van der Waals surface area contributed by atoms with Gasteiger partial charge in [-0.25, -0.2) is 4.39 Å². The molecule has 0 fully saturated rings. The van der Waals surface area contributed by atoms with Gasteiger partial charge in [-0.3, -0.25) is 14.5 Å². The number of anilines is 1. The molecule has 1 aliphatic heterocycles. The zero-order valence-electron chi connectivity index (χ0n) is 15.0. The molecule has 5 heteroatoms. The maximum absolute atomic E-state index is 13.3. The monoisotopic (exact) mass is 383 g/mol. The molecule has 1 heterocycles. The molecule has 0 spiro atoms. The summed E-state index contributed by atoms with van der Waals surface area (Å²) >= 11 is 6.27. The van der Waals surface area contributed by atoms with E-state index in [9.17, 15) is 14.0 Å². The number of rotatable bonds is 2. The number of aryl methyl sites for hydroxylation is 1. The number of carbonyl (C=O) groups excluding carboxylic acids is 2. The van der Waals surface area contributed by atoms with Crippen molar-refractivity contribution in [3.8, 4) is 0 Å². The smallest absolute Gasteiger partial charge is 0.232 e. The van der Waals surface area contributed by atoms with Gasteiger partial charge in [-0.2, -0.15) is 0 Å². The quantitative estimate of drug-likeness (QED) is 0.704. The number of hydrogen-bond acceptors (Lipinski definition) is 2. The summed E-state index contributed by atoms with van der Waals surface area (Å²) in [7, 11) is 0. The summed E-state index contributed by atoms with van der Waals surface area (Å²) in [4.78, 5) is 27.5. The Morgan fingerprint density at radius 2 is 1.81 bits per heavy atom. The van der Waals surface area contributed by atoms with Crippen LogP contribution in [0.3, 0.4) is 0 Å². The molecule has 1 aliphatic carbocycles. The van der Waals surface area contributed by atoms with E-state index in [0.29, 0.717) is 29.1 Å². The highest BCUT2D eigenvalue weighted by molar-refractivity contribution is 6.31. The van der Waals surface area contributed by atoms with Crippen molar-refractivity contribution < 1.29 is 14.0 Å². The van der Waals surface area contributed by atoms with Gasteiger partial charge in [0.2, 0.25) is 5.91 Å². The van der Waals surface area contributed by atoms with E-state index in [2.05, 4.69) is 0 Å². The first-order valence-corrected chi connectivity index (χ1v) is 9.44. The molecule has 0 N–H and O–H groups in total. The maximum Gasteiger partial charge on any atom is 0.232 e. The molecule has 2 aromatic carbocycles. The predicted molar refractivity (Wildman–Crippen MR) is 103 cm³/mol. The Morgan fingerprint density at radius 1 is 1.07 bits per heavy atom. The van der Waals surface area contributed by atoms with E-state index < -0.39 is 0 Å². The first-order valence-electron chi connectivity index (χ1n) is 9.06. The van der Waals surface area contributed by atoms with Crippen LogP contribution in [0.1, 0.15) is 42.7 Å². The summed E-state index contributed by atoms with van der Waals surface area (Å²) in [5.41, 5.74) is 3.87. The zero-order valence-corrected chi connectivity index (χ0v) is 15.7. The second kappa shape index (κ2) is 6.93. The van der Waals surface area contributed by atoms with E-state index in [1.54, 1.807) is 23.1 Å². The van der Waals surface area contributed by atoms with Gasteiger partial charge >= 0.3 is 0 Å². The number of nitrogens with zero attached hydrogens (tertiary/aromatic N) is 1. The first kappa shape index (κ1) is 17.9. The zero-order chi connectivity index (χ0) is 19.1. The fourth-order valence-electron chi connectivity index (χ4n) is 3.99. The molecule has 1 unspecified atom stereocenters. The van der Waals surface area contributed by atoms with Crippen molar-refractivity contribution in [1.82, 2.24) is 0 Å². The SMILES string of the molecule is Cc1ccc(N2C(=O)CC(c3ccc(F)cc3)C3=C2CCCC3=O)cc1Cl. The lowest BCUT2D eigenvalue weighted by atomic mass is 9.77. The molecule has 27 heavy (non-hydrogen) atoms. The third-order valence-electron chi connectivity index (χ3n) is 5.36. The van der Waals surface area contributed by atoms with Gasteiger partial charge in [0.1, 0.15) is 5.82 Å². The summed E-state index contributed by atoms with van der Waals surface area (Å²) in [5, 5.41) is 0.588. The van der Waals surface area contributed by atoms with Gasteiger partial charge in [-0.05, 0) is 55.2 Å². The Kier molecular flexibility index (Phi) is 4.60. The van der Waals surface area contributed by atoms with Crippen molar-refractivity contribution in [2.24, 2.45) is 0 Å². The van der Waals surface area contributed by atoms with Gasteiger partial charge < -0.3 is 0 Å². The van der Waals surface area contributed by atoms with Gasteiger partial charge in [0.15, 0.2) is 5.78 Å². The van der Waals surface area contributed by atoms with Gasteiger partial charge in [-0.15, -0.1) is 0 Å². The molecule has 2 aromatic rings. The van der Waals surface area contributed by atoms with Gasteiger partial charge in [0.05, 0.1) is 5.69 Å². The average molecular weight is 384 g/mol. The average Bonchev–Trinajstić information content (AvgIpc) is 2.64. The van der Waals surface area contributed by atoms with Crippen LogP contribution in [0.5, 0.6) is 0 Å². The summed E-state index contributed by atoms with van der Waals surface area (Å²) in [5.74, 6) is -0.655. The molecular formula is C22H19ClFNO2. The van der Waals surface area contributed by atoms with Crippen LogP contribution >= 0.6 is 11.6 Å². The second-order valence-corrected chi connectivity index (χ2v) is 7.52. The summed E-state index contributed by atoms with van der Waals surface area (Å²) in [6, 6.07) is 11.6. The number of Topliss-reactive ketones (excluding diaryl/α,β-unsaturated/α-hetero) is 1. The van der Waals surface area contributed by atoms with Crippen LogP contribution in [0, 0.1) is 12.7 Å². The molecule has 0 saturated carbocycles. The molecule has 0 aromatic heterocycles. The largest absolute Gasteiger partial charge is 0.294 e. The number of allylic oxidation sites excluding steroid dienone is 2. The van der Waals surface area contributed by atoms with E-state index >= 15 is 0 Å². The summed E-state index contributed by atoms with van der Waals surface area (Å²) in [6.07, 6.45) is 2.04. The minimum atomic E-state index is -0.332.